The molecule has 3 aromatic rings. The molecule has 0 spiro atoms. The van der Waals surface area contributed by atoms with Gasteiger partial charge in [-0.05, 0) is 76.3 Å². The molecule has 3 aromatic carbocycles. The molecule has 1 aliphatic carbocycles. The lowest BCUT2D eigenvalue weighted by atomic mass is 9.85. The monoisotopic (exact) mass is 379 g/mol. The average molecular weight is 380 g/mol. The molecule has 1 fully saturated rings. The highest BCUT2D eigenvalue weighted by Gasteiger charge is 2.30. The Morgan fingerprint density at radius 2 is 1.63 bits per heavy atom. The molecule has 1 saturated heterocycles. The lowest BCUT2D eigenvalue weighted by Crippen LogP contribution is -2.27. The minimum Gasteiger partial charge on any atom is -0.213 e. The van der Waals surface area contributed by atoms with Crippen molar-refractivity contribution in [2.45, 2.75) is 38.0 Å². The Morgan fingerprint density at radius 1 is 0.889 bits per heavy atom. The molecule has 5 rings (SSSR count). The molecule has 3 nitrogen and oxygen atoms in total. The molecule has 0 aromatic heterocycles. The highest BCUT2D eigenvalue weighted by molar-refractivity contribution is 7.88. The van der Waals surface area contributed by atoms with Gasteiger partial charge in [0.25, 0.3) is 0 Å². The standard InChI is InChI=1S/C23H25NO2S/c1-27(25,26)24-14-13-17(15-24)19-7-4-8-20-22(19)12-11-21-18-6-3-2-5-16(18)9-10-23(20)21/h4,7-12,17H,2-3,5-6,13-15H2,1H3. The van der Waals surface area contributed by atoms with Gasteiger partial charge in [-0.25, -0.2) is 12.7 Å². The summed E-state index contributed by atoms with van der Waals surface area (Å²) < 4.78 is 25.4. The van der Waals surface area contributed by atoms with E-state index in [-0.39, 0.29) is 5.92 Å². The van der Waals surface area contributed by atoms with E-state index in [4.69, 9.17) is 0 Å². The van der Waals surface area contributed by atoms with E-state index in [0.29, 0.717) is 13.1 Å². The smallest absolute Gasteiger partial charge is 0.211 e. The summed E-state index contributed by atoms with van der Waals surface area (Å²) in [6.07, 6.45) is 7.18. The van der Waals surface area contributed by atoms with Gasteiger partial charge in [0.2, 0.25) is 10.0 Å². The van der Waals surface area contributed by atoms with Gasteiger partial charge in [-0.2, -0.15) is 0 Å². The van der Waals surface area contributed by atoms with Gasteiger partial charge in [0.15, 0.2) is 0 Å². The summed E-state index contributed by atoms with van der Waals surface area (Å²) in [5.74, 6) is 0.276. The van der Waals surface area contributed by atoms with Crippen LogP contribution in [0, 0.1) is 0 Å². The summed E-state index contributed by atoms with van der Waals surface area (Å²) >= 11 is 0. The summed E-state index contributed by atoms with van der Waals surface area (Å²) in [6.45, 7) is 1.22. The maximum Gasteiger partial charge on any atom is 0.211 e. The molecule has 140 valence electrons. The van der Waals surface area contributed by atoms with E-state index in [1.807, 2.05) is 0 Å². The first-order chi connectivity index (χ1) is 13.0. The van der Waals surface area contributed by atoms with Crippen LogP contribution in [-0.4, -0.2) is 32.1 Å². The zero-order valence-electron chi connectivity index (χ0n) is 15.7. The van der Waals surface area contributed by atoms with Crippen molar-refractivity contribution in [1.29, 1.82) is 0 Å². The van der Waals surface area contributed by atoms with Crippen molar-refractivity contribution in [3.05, 3.63) is 59.2 Å². The van der Waals surface area contributed by atoms with E-state index in [0.717, 1.165) is 6.42 Å². The van der Waals surface area contributed by atoms with Crippen molar-refractivity contribution in [3.8, 4) is 0 Å². The Kier molecular flexibility index (Phi) is 4.03. The third-order valence-electron chi connectivity index (χ3n) is 6.48. The Morgan fingerprint density at radius 3 is 2.44 bits per heavy atom. The first-order valence-electron chi connectivity index (χ1n) is 9.93. The molecule has 4 heteroatoms. The molecule has 0 N–H and O–H groups in total. The number of fused-ring (bicyclic) bond motifs is 5. The van der Waals surface area contributed by atoms with Gasteiger partial charge in [0.05, 0.1) is 6.26 Å². The molecule has 2 aliphatic rings. The predicted octanol–water partition coefficient (Wildman–Crippen LogP) is 4.62. The zero-order valence-corrected chi connectivity index (χ0v) is 16.6. The quantitative estimate of drug-likeness (QED) is 0.609. The van der Waals surface area contributed by atoms with E-state index >= 15 is 0 Å². The van der Waals surface area contributed by atoms with Gasteiger partial charge in [-0.3, -0.25) is 0 Å². The number of hydrogen-bond donors (Lipinski definition) is 0. The van der Waals surface area contributed by atoms with E-state index in [9.17, 15) is 8.42 Å². The Hall–Kier alpha value is -1.91. The number of sulfonamides is 1. The molecule has 0 bridgehead atoms. The molecule has 0 saturated carbocycles. The van der Waals surface area contributed by atoms with Crippen LogP contribution in [0.25, 0.3) is 21.5 Å². The van der Waals surface area contributed by atoms with Crippen molar-refractivity contribution in [2.75, 3.05) is 19.3 Å². The Bertz CT molecular complexity index is 1150. The van der Waals surface area contributed by atoms with Gasteiger partial charge in [-0.15, -0.1) is 0 Å². The minimum absolute atomic E-state index is 0.276. The number of hydrogen-bond acceptors (Lipinski definition) is 2. The van der Waals surface area contributed by atoms with E-state index in [1.165, 1.54) is 70.2 Å². The lowest BCUT2D eigenvalue weighted by Gasteiger charge is -2.20. The zero-order chi connectivity index (χ0) is 18.6. The van der Waals surface area contributed by atoms with Gasteiger partial charge in [-0.1, -0.05) is 42.5 Å². The van der Waals surface area contributed by atoms with Crippen molar-refractivity contribution in [3.63, 3.8) is 0 Å². The van der Waals surface area contributed by atoms with Crippen molar-refractivity contribution in [1.82, 2.24) is 4.31 Å². The fourth-order valence-electron chi connectivity index (χ4n) is 5.09. The Labute approximate surface area is 161 Å². The third-order valence-corrected chi connectivity index (χ3v) is 7.75. The highest BCUT2D eigenvalue weighted by Crippen LogP contribution is 2.38. The molecule has 1 unspecified atom stereocenters. The fourth-order valence-corrected chi connectivity index (χ4v) is 5.98. The largest absolute Gasteiger partial charge is 0.213 e. The van der Waals surface area contributed by atoms with Crippen LogP contribution in [0.5, 0.6) is 0 Å². The van der Waals surface area contributed by atoms with Crippen LogP contribution in [0.15, 0.2) is 42.5 Å². The summed E-state index contributed by atoms with van der Waals surface area (Å²) in [6, 6.07) is 15.7. The molecule has 1 atom stereocenters. The van der Waals surface area contributed by atoms with E-state index < -0.39 is 10.0 Å². The summed E-state index contributed by atoms with van der Waals surface area (Å²) in [7, 11) is -3.11. The second-order valence-corrected chi connectivity index (χ2v) is 10.1. The van der Waals surface area contributed by atoms with Crippen LogP contribution in [0.3, 0.4) is 0 Å². The molecule has 1 heterocycles. The van der Waals surface area contributed by atoms with Gasteiger partial charge in [0.1, 0.15) is 0 Å². The number of nitrogens with zero attached hydrogens (tertiary/aromatic N) is 1. The van der Waals surface area contributed by atoms with Gasteiger partial charge in [0, 0.05) is 13.1 Å². The van der Waals surface area contributed by atoms with E-state index in [2.05, 4.69) is 42.5 Å². The first kappa shape index (κ1) is 17.2. The fraction of sp³-hybridized carbons (Fsp3) is 0.391. The topological polar surface area (TPSA) is 37.4 Å². The molecule has 0 amide bonds. The van der Waals surface area contributed by atoms with E-state index in [1.54, 1.807) is 4.31 Å². The predicted molar refractivity (Wildman–Crippen MR) is 112 cm³/mol. The van der Waals surface area contributed by atoms with Crippen molar-refractivity contribution >= 4 is 31.6 Å². The summed E-state index contributed by atoms with van der Waals surface area (Å²) in [5, 5.41) is 5.33. The molecule has 27 heavy (non-hydrogen) atoms. The number of rotatable bonds is 2. The summed E-state index contributed by atoms with van der Waals surface area (Å²) in [5.41, 5.74) is 4.34. The molecule has 0 radical (unpaired) electrons. The van der Waals surface area contributed by atoms with Crippen LogP contribution in [0.4, 0.5) is 0 Å². The number of benzene rings is 3. The van der Waals surface area contributed by atoms with Crippen LogP contribution in [-0.2, 0) is 22.9 Å². The van der Waals surface area contributed by atoms with Crippen LogP contribution < -0.4 is 0 Å². The molecular formula is C23H25NO2S. The maximum atomic E-state index is 11.9. The summed E-state index contributed by atoms with van der Waals surface area (Å²) in [4.78, 5) is 0. The lowest BCUT2D eigenvalue weighted by molar-refractivity contribution is 0.478. The van der Waals surface area contributed by atoms with Gasteiger partial charge < -0.3 is 0 Å². The SMILES string of the molecule is CS(=O)(=O)N1CCC(c2cccc3c2ccc2c4c(ccc23)CCCC4)C1. The van der Waals surface area contributed by atoms with Crippen molar-refractivity contribution < 1.29 is 8.42 Å². The van der Waals surface area contributed by atoms with Crippen LogP contribution in [0.1, 0.15) is 41.9 Å². The average Bonchev–Trinajstić information content (AvgIpc) is 3.17. The number of aryl methyl sites for hydroxylation is 2. The van der Waals surface area contributed by atoms with Crippen LogP contribution >= 0.6 is 0 Å². The van der Waals surface area contributed by atoms with Gasteiger partial charge >= 0.3 is 0 Å². The normalized spacial score (nSPS) is 21.0. The first-order valence-corrected chi connectivity index (χ1v) is 11.8. The maximum absolute atomic E-state index is 11.9. The second kappa shape index (κ2) is 6.32. The van der Waals surface area contributed by atoms with Crippen LogP contribution in [0.2, 0.25) is 0 Å². The molecular weight excluding hydrogens is 354 g/mol. The third kappa shape index (κ3) is 2.86. The van der Waals surface area contributed by atoms with Crippen molar-refractivity contribution in [2.24, 2.45) is 0 Å². The Balaban J connectivity index is 1.65. The minimum atomic E-state index is -3.11. The highest BCUT2D eigenvalue weighted by atomic mass is 32.2. The molecule has 1 aliphatic heterocycles. The second-order valence-electron chi connectivity index (χ2n) is 8.12.